The van der Waals surface area contributed by atoms with Gasteiger partial charge in [0.2, 0.25) is 0 Å². The van der Waals surface area contributed by atoms with Crippen LogP contribution >= 0.6 is 11.8 Å². The third-order valence-corrected chi connectivity index (χ3v) is 5.79. The highest BCUT2D eigenvalue weighted by atomic mass is 32.2. The van der Waals surface area contributed by atoms with Gasteiger partial charge in [-0.1, -0.05) is 17.8 Å². The van der Waals surface area contributed by atoms with Gasteiger partial charge in [0.25, 0.3) is 0 Å². The lowest BCUT2D eigenvalue weighted by Gasteiger charge is -2.38. The summed E-state index contributed by atoms with van der Waals surface area (Å²) < 4.78 is 38.7. The van der Waals surface area contributed by atoms with Gasteiger partial charge in [0.1, 0.15) is 28.3 Å². The first-order chi connectivity index (χ1) is 13.7. The first-order valence-electron chi connectivity index (χ1n) is 8.83. The van der Waals surface area contributed by atoms with E-state index in [1.165, 1.54) is 23.9 Å². The Hall–Kier alpha value is -2.56. The summed E-state index contributed by atoms with van der Waals surface area (Å²) in [6, 6.07) is 8.62. The maximum Gasteiger partial charge on any atom is 0.416 e. The summed E-state index contributed by atoms with van der Waals surface area (Å²) in [5.41, 5.74) is 13.9. The number of nitrogens with two attached hydrogens (primary N) is 2. The summed E-state index contributed by atoms with van der Waals surface area (Å²) in [6.07, 6.45) is -3.40. The van der Waals surface area contributed by atoms with Gasteiger partial charge >= 0.3 is 6.18 Å². The average molecular weight is 420 g/mol. The number of aromatic nitrogens is 1. The fraction of sp³-hybridized carbons (Fsp3) is 0.263. The lowest BCUT2D eigenvalue weighted by molar-refractivity contribution is -0.137. The van der Waals surface area contributed by atoms with Crippen LogP contribution in [-0.2, 0) is 6.18 Å². The van der Waals surface area contributed by atoms with Gasteiger partial charge in [0.05, 0.1) is 11.3 Å². The first kappa shape index (κ1) is 19.7. The Labute approximate surface area is 170 Å². The number of nitrogens with zero attached hydrogens (tertiary/aromatic N) is 4. The Balaban J connectivity index is 1.73. The van der Waals surface area contributed by atoms with E-state index in [1.807, 2.05) is 24.0 Å². The highest BCUT2D eigenvalue weighted by Gasteiger charge is 2.41. The molecule has 1 aromatic heterocycles. The van der Waals surface area contributed by atoms with Crippen molar-refractivity contribution in [2.75, 3.05) is 9.80 Å². The van der Waals surface area contributed by atoms with Crippen LogP contribution in [0.3, 0.4) is 0 Å². The first-order valence-corrected chi connectivity index (χ1v) is 9.71. The van der Waals surface area contributed by atoms with Crippen LogP contribution in [0.25, 0.3) is 0 Å². The van der Waals surface area contributed by atoms with Gasteiger partial charge < -0.3 is 16.4 Å². The summed E-state index contributed by atoms with van der Waals surface area (Å²) in [4.78, 5) is 12.6. The number of hydrogen-bond acceptors (Lipinski definition) is 7. The van der Waals surface area contributed by atoms with E-state index in [-0.39, 0.29) is 0 Å². The monoisotopic (exact) mass is 420 g/mol. The molecular formula is C19H19F3N6S. The molecule has 2 aliphatic heterocycles. The van der Waals surface area contributed by atoms with E-state index >= 15 is 0 Å². The Kier molecular flexibility index (Phi) is 4.80. The number of halogens is 3. The number of anilines is 2. The normalized spacial score (nSPS) is 22.1. The Morgan fingerprint density at radius 2 is 1.72 bits per heavy atom. The molecular weight excluding hydrogens is 401 g/mol. The van der Waals surface area contributed by atoms with Gasteiger partial charge in [0, 0.05) is 11.9 Å². The minimum atomic E-state index is -4.40. The van der Waals surface area contributed by atoms with Crippen LogP contribution in [0, 0.1) is 6.92 Å². The van der Waals surface area contributed by atoms with Gasteiger partial charge in [-0.25, -0.2) is 9.98 Å². The molecule has 6 nitrogen and oxygen atoms in total. The van der Waals surface area contributed by atoms with Crippen molar-refractivity contribution in [3.8, 4) is 0 Å². The lowest BCUT2D eigenvalue weighted by Crippen LogP contribution is -2.53. The van der Waals surface area contributed by atoms with Gasteiger partial charge in [-0.3, -0.25) is 4.90 Å². The molecule has 0 spiro atoms. The third kappa shape index (κ3) is 3.37. The molecule has 152 valence electrons. The molecule has 10 heteroatoms. The summed E-state index contributed by atoms with van der Waals surface area (Å²) >= 11 is 1.37. The Morgan fingerprint density at radius 3 is 2.34 bits per heavy atom. The van der Waals surface area contributed by atoms with E-state index in [2.05, 4.69) is 9.98 Å². The maximum atomic E-state index is 12.9. The van der Waals surface area contributed by atoms with E-state index in [9.17, 15) is 13.2 Å². The number of aryl methyl sites for hydroxylation is 1. The van der Waals surface area contributed by atoms with E-state index in [4.69, 9.17) is 11.5 Å². The summed E-state index contributed by atoms with van der Waals surface area (Å²) in [7, 11) is 0. The minimum Gasteiger partial charge on any atom is -0.308 e. The molecule has 2 aromatic rings. The molecule has 0 aliphatic carbocycles. The smallest absolute Gasteiger partial charge is 0.308 e. The zero-order valence-electron chi connectivity index (χ0n) is 15.7. The van der Waals surface area contributed by atoms with Crippen LogP contribution in [0.1, 0.15) is 18.1 Å². The van der Waals surface area contributed by atoms with Gasteiger partial charge in [-0.05, 0) is 49.7 Å². The summed E-state index contributed by atoms with van der Waals surface area (Å²) in [6.45, 7) is 3.69. The maximum absolute atomic E-state index is 12.9. The second-order valence-corrected chi connectivity index (χ2v) is 7.84. The largest absolute Gasteiger partial charge is 0.416 e. The van der Waals surface area contributed by atoms with Crippen LogP contribution in [0.4, 0.5) is 24.7 Å². The standard InChI is InChI=1S/C19H19F3N6S/c1-10-4-3-9-25-16(10)28-14-15(23)27(11(2)26-17(14)29-18(28)24)13-7-5-12(6-8-13)19(20,21)22/h3-9,15,18H,23-24H2,1-2H3. The van der Waals surface area contributed by atoms with Crippen molar-refractivity contribution in [3.63, 3.8) is 0 Å². The number of benzene rings is 1. The Bertz CT molecular complexity index is 1000. The Morgan fingerprint density at radius 1 is 1.03 bits per heavy atom. The third-order valence-electron chi connectivity index (χ3n) is 4.82. The zero-order chi connectivity index (χ0) is 20.9. The van der Waals surface area contributed by atoms with Crippen molar-refractivity contribution >= 4 is 29.1 Å². The molecule has 1 aromatic carbocycles. The summed E-state index contributed by atoms with van der Waals surface area (Å²) in [5, 5.41) is 0.690. The molecule has 0 bridgehead atoms. The predicted octanol–water partition coefficient (Wildman–Crippen LogP) is 3.60. The SMILES string of the molecule is CC1=NC2=C(C(N)N1c1ccc(C(F)(F)F)cc1)N(c1ncccc1C)C(N)S2. The highest BCUT2D eigenvalue weighted by Crippen LogP contribution is 2.44. The van der Waals surface area contributed by atoms with Crippen molar-refractivity contribution in [1.29, 1.82) is 0 Å². The van der Waals surface area contributed by atoms with Gasteiger partial charge in [-0.15, -0.1) is 0 Å². The van der Waals surface area contributed by atoms with Gasteiger partial charge in [-0.2, -0.15) is 13.2 Å². The van der Waals surface area contributed by atoms with E-state index < -0.39 is 23.4 Å². The summed E-state index contributed by atoms with van der Waals surface area (Å²) in [5.74, 6) is 1.25. The molecule has 2 aliphatic rings. The molecule has 0 saturated heterocycles. The van der Waals surface area contributed by atoms with Crippen LogP contribution in [0.5, 0.6) is 0 Å². The minimum absolute atomic E-state index is 0.455. The van der Waals surface area contributed by atoms with Crippen LogP contribution < -0.4 is 21.3 Å². The number of rotatable bonds is 2. The molecule has 3 heterocycles. The number of amidine groups is 1. The lowest BCUT2D eigenvalue weighted by atomic mass is 10.1. The molecule has 29 heavy (non-hydrogen) atoms. The predicted molar refractivity (Wildman–Crippen MR) is 109 cm³/mol. The number of alkyl halides is 3. The molecule has 4 N–H and O–H groups in total. The molecule has 2 atom stereocenters. The van der Waals surface area contributed by atoms with Crippen molar-refractivity contribution in [1.82, 2.24) is 4.98 Å². The molecule has 0 saturated carbocycles. The van der Waals surface area contributed by atoms with Crippen LogP contribution in [0.2, 0.25) is 0 Å². The van der Waals surface area contributed by atoms with Crippen molar-refractivity contribution < 1.29 is 13.2 Å². The number of pyridine rings is 1. The van der Waals surface area contributed by atoms with Gasteiger partial charge in [0.15, 0.2) is 0 Å². The number of aliphatic imine (C=N–C) groups is 1. The van der Waals surface area contributed by atoms with Crippen molar-refractivity contribution in [2.45, 2.75) is 31.7 Å². The second kappa shape index (κ2) is 7.05. The molecule has 2 unspecified atom stereocenters. The van der Waals surface area contributed by atoms with Crippen LogP contribution in [0.15, 0.2) is 58.3 Å². The number of hydrogen-bond donors (Lipinski definition) is 2. The molecule has 0 fully saturated rings. The van der Waals surface area contributed by atoms with E-state index in [0.717, 1.165) is 17.7 Å². The number of thioether (sulfide) groups is 1. The molecule has 4 rings (SSSR count). The molecule has 0 radical (unpaired) electrons. The fourth-order valence-corrected chi connectivity index (χ4v) is 4.54. The van der Waals surface area contributed by atoms with Crippen molar-refractivity contribution in [3.05, 3.63) is 64.4 Å². The zero-order valence-corrected chi connectivity index (χ0v) is 16.5. The van der Waals surface area contributed by atoms with Crippen molar-refractivity contribution in [2.24, 2.45) is 16.5 Å². The van der Waals surface area contributed by atoms with Crippen LogP contribution in [-0.4, -0.2) is 22.5 Å². The second-order valence-electron chi connectivity index (χ2n) is 6.73. The molecule has 0 amide bonds. The van der Waals surface area contributed by atoms with E-state index in [1.54, 1.807) is 18.0 Å². The van der Waals surface area contributed by atoms with E-state index in [0.29, 0.717) is 28.1 Å². The highest BCUT2D eigenvalue weighted by molar-refractivity contribution is 8.04. The fourth-order valence-electron chi connectivity index (χ4n) is 3.47. The quantitative estimate of drug-likeness (QED) is 0.773. The average Bonchev–Trinajstić information content (AvgIpc) is 2.97. The topological polar surface area (TPSA) is 83.8 Å².